The molecular formula is C16H11BrFN3O3S. The molecule has 0 spiro atoms. The van der Waals surface area contributed by atoms with E-state index in [2.05, 4.69) is 25.8 Å². The number of benzene rings is 2. The lowest BCUT2D eigenvalue weighted by molar-refractivity contribution is 0.112. The molecule has 0 amide bonds. The van der Waals surface area contributed by atoms with E-state index in [1.165, 1.54) is 59.5 Å². The van der Waals surface area contributed by atoms with Crippen LogP contribution < -0.4 is 4.72 Å². The normalized spacial score (nSPS) is 11.3. The molecule has 0 saturated carbocycles. The Labute approximate surface area is 151 Å². The summed E-state index contributed by atoms with van der Waals surface area (Å²) in [5, 5.41) is 3.99. The van der Waals surface area contributed by atoms with Crippen LogP contribution >= 0.6 is 15.9 Å². The maximum atomic E-state index is 13.0. The Bertz CT molecular complexity index is 1030. The number of hydrogen-bond donors (Lipinski definition) is 1. The molecule has 1 N–H and O–H groups in total. The Morgan fingerprint density at radius 1 is 1.16 bits per heavy atom. The van der Waals surface area contributed by atoms with Gasteiger partial charge in [-0.2, -0.15) is 5.10 Å². The largest absolute Gasteiger partial charge is 0.298 e. The lowest BCUT2D eigenvalue weighted by Crippen LogP contribution is -2.12. The first-order valence-electron chi connectivity index (χ1n) is 6.97. The van der Waals surface area contributed by atoms with Crippen molar-refractivity contribution in [3.05, 3.63) is 70.7 Å². The predicted octanol–water partition coefficient (Wildman–Crippen LogP) is 3.39. The van der Waals surface area contributed by atoms with Crippen molar-refractivity contribution in [2.45, 2.75) is 4.90 Å². The van der Waals surface area contributed by atoms with Gasteiger partial charge in [-0.1, -0.05) is 0 Å². The van der Waals surface area contributed by atoms with E-state index in [4.69, 9.17) is 0 Å². The van der Waals surface area contributed by atoms with Crippen LogP contribution in [0.2, 0.25) is 0 Å². The topological polar surface area (TPSA) is 81.1 Å². The van der Waals surface area contributed by atoms with Gasteiger partial charge in [0.2, 0.25) is 0 Å². The number of rotatable bonds is 5. The molecule has 0 saturated heterocycles. The van der Waals surface area contributed by atoms with Crippen molar-refractivity contribution in [1.82, 2.24) is 9.78 Å². The molecule has 0 aliphatic carbocycles. The molecule has 3 aromatic rings. The molecular weight excluding hydrogens is 413 g/mol. The van der Waals surface area contributed by atoms with Gasteiger partial charge in [0.15, 0.2) is 0 Å². The molecule has 2 aromatic carbocycles. The van der Waals surface area contributed by atoms with Gasteiger partial charge in [0, 0.05) is 10.0 Å². The molecule has 0 aliphatic heterocycles. The second-order valence-electron chi connectivity index (χ2n) is 5.06. The minimum absolute atomic E-state index is 0.0526. The van der Waals surface area contributed by atoms with Crippen LogP contribution in [0, 0.1) is 5.82 Å². The van der Waals surface area contributed by atoms with E-state index < -0.39 is 15.8 Å². The van der Waals surface area contributed by atoms with Crippen LogP contribution in [-0.2, 0) is 10.0 Å². The van der Waals surface area contributed by atoms with Crippen molar-refractivity contribution in [3.63, 3.8) is 0 Å². The summed E-state index contributed by atoms with van der Waals surface area (Å²) < 4.78 is 42.1. The van der Waals surface area contributed by atoms with Gasteiger partial charge in [0.1, 0.15) is 17.0 Å². The summed E-state index contributed by atoms with van der Waals surface area (Å²) in [5.41, 5.74) is 1.23. The van der Waals surface area contributed by atoms with Crippen LogP contribution in [0.3, 0.4) is 0 Å². The standard InChI is InChI=1S/C16H11BrFN3O3S/c17-15-7-11(10-22)1-6-16(15)20-25(23,24)14-8-19-21(9-14)13-4-2-12(18)3-5-13/h1-10,20H. The number of nitrogens with zero attached hydrogens (tertiary/aromatic N) is 2. The van der Waals surface area contributed by atoms with E-state index in [0.717, 1.165) is 0 Å². The fourth-order valence-corrected chi connectivity index (χ4v) is 3.71. The third-order valence-corrected chi connectivity index (χ3v) is 5.31. The summed E-state index contributed by atoms with van der Waals surface area (Å²) in [6.45, 7) is 0. The van der Waals surface area contributed by atoms with Crippen LogP contribution in [-0.4, -0.2) is 24.5 Å². The highest BCUT2D eigenvalue weighted by molar-refractivity contribution is 9.10. The Morgan fingerprint density at radius 2 is 1.88 bits per heavy atom. The Balaban J connectivity index is 1.88. The molecule has 9 heteroatoms. The number of carbonyl (C=O) groups is 1. The van der Waals surface area contributed by atoms with Crippen molar-refractivity contribution in [1.29, 1.82) is 0 Å². The second kappa shape index (κ2) is 6.77. The van der Waals surface area contributed by atoms with Gasteiger partial charge < -0.3 is 0 Å². The number of halogens is 2. The molecule has 0 bridgehead atoms. The molecule has 6 nitrogen and oxygen atoms in total. The summed E-state index contributed by atoms with van der Waals surface area (Å²) in [5.74, 6) is -0.394. The summed E-state index contributed by atoms with van der Waals surface area (Å²) in [6, 6.07) is 9.98. The molecule has 0 atom stereocenters. The number of anilines is 1. The van der Waals surface area contributed by atoms with Gasteiger partial charge in [-0.3, -0.25) is 9.52 Å². The monoisotopic (exact) mass is 423 g/mol. The first-order chi connectivity index (χ1) is 11.9. The van der Waals surface area contributed by atoms with E-state index in [-0.39, 0.29) is 4.90 Å². The zero-order chi connectivity index (χ0) is 18.0. The van der Waals surface area contributed by atoms with E-state index >= 15 is 0 Å². The smallest absolute Gasteiger partial charge is 0.265 e. The summed E-state index contributed by atoms with van der Waals surface area (Å²) >= 11 is 3.22. The predicted molar refractivity (Wildman–Crippen MR) is 93.9 cm³/mol. The Hall–Kier alpha value is -2.52. The Kier molecular flexibility index (Phi) is 4.69. The lowest BCUT2D eigenvalue weighted by atomic mass is 10.2. The quantitative estimate of drug-likeness (QED) is 0.637. The highest BCUT2D eigenvalue weighted by Gasteiger charge is 2.18. The molecule has 0 unspecified atom stereocenters. The van der Waals surface area contributed by atoms with Gasteiger partial charge in [-0.05, 0) is 58.4 Å². The average Bonchev–Trinajstić information content (AvgIpc) is 3.08. The van der Waals surface area contributed by atoms with Gasteiger partial charge in [0.05, 0.1) is 23.8 Å². The van der Waals surface area contributed by atoms with E-state index in [9.17, 15) is 17.6 Å². The number of nitrogens with one attached hydrogen (secondary N) is 1. The SMILES string of the molecule is O=Cc1ccc(NS(=O)(=O)c2cnn(-c3ccc(F)cc3)c2)c(Br)c1. The fraction of sp³-hybridized carbons (Fsp3) is 0. The Morgan fingerprint density at radius 3 is 2.52 bits per heavy atom. The van der Waals surface area contributed by atoms with Gasteiger partial charge in [-0.15, -0.1) is 0 Å². The molecule has 128 valence electrons. The second-order valence-corrected chi connectivity index (χ2v) is 7.60. The molecule has 0 fully saturated rings. The van der Waals surface area contributed by atoms with Crippen molar-refractivity contribution in [2.75, 3.05) is 4.72 Å². The lowest BCUT2D eigenvalue weighted by Gasteiger charge is -2.08. The third-order valence-electron chi connectivity index (χ3n) is 3.33. The van der Waals surface area contributed by atoms with Gasteiger partial charge in [0.25, 0.3) is 10.0 Å². The number of aromatic nitrogens is 2. The number of sulfonamides is 1. The summed E-state index contributed by atoms with van der Waals surface area (Å²) in [7, 11) is -3.88. The zero-order valence-corrected chi connectivity index (χ0v) is 15.0. The minimum Gasteiger partial charge on any atom is -0.298 e. The molecule has 1 heterocycles. The highest BCUT2D eigenvalue weighted by Crippen LogP contribution is 2.26. The van der Waals surface area contributed by atoms with Crippen molar-refractivity contribution < 1.29 is 17.6 Å². The first-order valence-corrected chi connectivity index (χ1v) is 9.25. The van der Waals surface area contributed by atoms with Crippen LogP contribution in [0.4, 0.5) is 10.1 Å². The van der Waals surface area contributed by atoms with Crippen LogP contribution in [0.5, 0.6) is 0 Å². The molecule has 0 radical (unpaired) electrons. The van der Waals surface area contributed by atoms with Crippen LogP contribution in [0.15, 0.2) is 64.2 Å². The zero-order valence-electron chi connectivity index (χ0n) is 12.6. The fourth-order valence-electron chi connectivity index (χ4n) is 2.07. The number of hydrogen-bond acceptors (Lipinski definition) is 4. The van der Waals surface area contributed by atoms with Crippen molar-refractivity contribution in [3.8, 4) is 5.69 Å². The van der Waals surface area contributed by atoms with Crippen molar-refractivity contribution >= 4 is 37.9 Å². The number of carbonyl (C=O) groups excluding carboxylic acids is 1. The maximum absolute atomic E-state index is 13.0. The van der Waals surface area contributed by atoms with Crippen molar-refractivity contribution in [2.24, 2.45) is 0 Å². The first kappa shape index (κ1) is 17.3. The average molecular weight is 424 g/mol. The van der Waals surface area contributed by atoms with Gasteiger partial charge in [-0.25, -0.2) is 17.5 Å². The molecule has 1 aromatic heterocycles. The van der Waals surface area contributed by atoms with E-state index in [0.29, 0.717) is 27.7 Å². The summed E-state index contributed by atoms with van der Waals surface area (Å²) in [6.07, 6.45) is 3.18. The van der Waals surface area contributed by atoms with Crippen LogP contribution in [0.25, 0.3) is 5.69 Å². The van der Waals surface area contributed by atoms with Crippen LogP contribution in [0.1, 0.15) is 10.4 Å². The highest BCUT2D eigenvalue weighted by atomic mass is 79.9. The van der Waals surface area contributed by atoms with E-state index in [1.54, 1.807) is 0 Å². The maximum Gasteiger partial charge on any atom is 0.265 e. The molecule has 0 aliphatic rings. The molecule has 25 heavy (non-hydrogen) atoms. The third kappa shape index (κ3) is 3.77. The number of aldehydes is 1. The van der Waals surface area contributed by atoms with E-state index in [1.807, 2.05) is 0 Å². The minimum atomic E-state index is -3.88. The van der Waals surface area contributed by atoms with Gasteiger partial charge >= 0.3 is 0 Å². The summed E-state index contributed by atoms with van der Waals surface area (Å²) in [4.78, 5) is 10.7. The molecule has 3 rings (SSSR count).